The van der Waals surface area contributed by atoms with Crippen molar-refractivity contribution in [1.82, 2.24) is 24.2 Å². The van der Waals surface area contributed by atoms with Gasteiger partial charge in [-0.15, -0.1) is 0 Å². The first-order valence-electron chi connectivity index (χ1n) is 12.3. The molecule has 190 valence electrons. The maximum atomic E-state index is 13.6. The molecule has 38 heavy (non-hydrogen) atoms. The van der Waals surface area contributed by atoms with Gasteiger partial charge in [-0.05, 0) is 35.4 Å². The minimum atomic E-state index is -0.351. The number of fused-ring (bicyclic) bond motifs is 2. The first kappa shape index (κ1) is 24.1. The Bertz CT molecular complexity index is 1610. The van der Waals surface area contributed by atoms with Crippen LogP contribution in [-0.4, -0.2) is 35.9 Å². The second kappa shape index (κ2) is 10.3. The van der Waals surface area contributed by atoms with Crippen molar-refractivity contribution >= 4 is 28.7 Å². The average Bonchev–Trinajstić information content (AvgIpc) is 3.55. The van der Waals surface area contributed by atoms with Crippen LogP contribution in [-0.2, 0) is 17.9 Å². The van der Waals surface area contributed by atoms with E-state index >= 15 is 0 Å². The van der Waals surface area contributed by atoms with Crippen LogP contribution in [0.4, 0.5) is 4.39 Å². The van der Waals surface area contributed by atoms with Gasteiger partial charge in [-0.25, -0.2) is 14.1 Å². The molecule has 0 radical (unpaired) electrons. The van der Waals surface area contributed by atoms with Crippen LogP contribution in [0.15, 0.2) is 101 Å². The number of rotatable bonds is 7. The van der Waals surface area contributed by atoms with Gasteiger partial charge in [-0.3, -0.25) is 14.2 Å². The molecule has 6 rings (SSSR count). The molecule has 0 fully saturated rings. The fraction of sp³-hybridized carbons (Fsp3) is 0.172. The highest BCUT2D eigenvalue weighted by Crippen LogP contribution is 2.34. The Morgan fingerprint density at radius 3 is 2.21 bits per heavy atom. The largest absolute Gasteiger partial charge is 0.334 e. The molecule has 5 aromatic rings. The van der Waals surface area contributed by atoms with Crippen molar-refractivity contribution in [3.63, 3.8) is 0 Å². The van der Waals surface area contributed by atoms with Crippen molar-refractivity contribution in [2.75, 3.05) is 5.75 Å². The number of hydrogen-bond donors (Lipinski definition) is 0. The van der Waals surface area contributed by atoms with E-state index < -0.39 is 0 Å². The van der Waals surface area contributed by atoms with Gasteiger partial charge < -0.3 is 4.90 Å². The molecule has 3 heterocycles. The van der Waals surface area contributed by atoms with Crippen LogP contribution in [0.2, 0.25) is 0 Å². The molecule has 1 unspecified atom stereocenters. The van der Waals surface area contributed by atoms with E-state index in [0.717, 1.165) is 11.1 Å². The molecule has 1 amide bonds. The highest BCUT2D eigenvalue weighted by Gasteiger charge is 2.31. The first-order valence-corrected chi connectivity index (χ1v) is 13.3. The van der Waals surface area contributed by atoms with Crippen LogP contribution in [0, 0.1) is 5.82 Å². The summed E-state index contributed by atoms with van der Waals surface area (Å²) in [6, 6.07) is 25.4. The van der Waals surface area contributed by atoms with Crippen LogP contribution >= 0.6 is 11.8 Å². The second-order valence-corrected chi connectivity index (χ2v) is 10.2. The monoisotopic (exact) mass is 525 g/mol. The second-order valence-electron chi connectivity index (χ2n) is 9.23. The third kappa shape index (κ3) is 4.72. The maximum absolute atomic E-state index is 13.6. The molecule has 0 saturated carbocycles. The van der Waals surface area contributed by atoms with Crippen LogP contribution in [0.3, 0.4) is 0 Å². The van der Waals surface area contributed by atoms with Crippen molar-refractivity contribution in [2.24, 2.45) is 0 Å². The van der Waals surface area contributed by atoms with Gasteiger partial charge in [0.1, 0.15) is 11.2 Å². The van der Waals surface area contributed by atoms with Gasteiger partial charge in [0.05, 0.1) is 17.9 Å². The van der Waals surface area contributed by atoms with Gasteiger partial charge in [-0.2, -0.15) is 5.10 Å². The molecular weight excluding hydrogens is 501 g/mol. The van der Waals surface area contributed by atoms with E-state index in [1.54, 1.807) is 16.7 Å². The molecule has 7 nitrogen and oxygen atoms in total. The fourth-order valence-electron chi connectivity index (χ4n) is 4.72. The molecule has 0 N–H and O–H groups in total. The third-order valence-corrected chi connectivity index (χ3v) is 7.73. The zero-order valence-electron chi connectivity index (χ0n) is 20.4. The Kier molecular flexibility index (Phi) is 6.51. The van der Waals surface area contributed by atoms with Gasteiger partial charge in [-0.1, -0.05) is 72.4 Å². The summed E-state index contributed by atoms with van der Waals surface area (Å²) in [4.78, 5) is 33.7. The van der Waals surface area contributed by atoms with Crippen LogP contribution < -0.4 is 5.56 Å². The Morgan fingerprint density at radius 2 is 1.58 bits per heavy atom. The summed E-state index contributed by atoms with van der Waals surface area (Å²) in [6.45, 7) is 0.968. The van der Waals surface area contributed by atoms with E-state index in [2.05, 4.69) is 5.10 Å². The highest BCUT2D eigenvalue weighted by atomic mass is 32.2. The average molecular weight is 526 g/mol. The Labute approximate surface area is 222 Å². The summed E-state index contributed by atoms with van der Waals surface area (Å²) in [6.07, 6.45) is 1.68. The van der Waals surface area contributed by atoms with Crippen molar-refractivity contribution < 1.29 is 9.18 Å². The van der Waals surface area contributed by atoms with Gasteiger partial charge in [0.25, 0.3) is 5.56 Å². The lowest BCUT2D eigenvalue weighted by atomic mass is 10.1. The Balaban J connectivity index is 1.29. The quantitative estimate of drug-likeness (QED) is 0.280. The molecule has 0 aliphatic carbocycles. The number of carbonyl (C=O) groups is 1. The summed E-state index contributed by atoms with van der Waals surface area (Å²) >= 11 is 1.46. The van der Waals surface area contributed by atoms with Gasteiger partial charge in [0, 0.05) is 25.3 Å². The molecule has 0 bridgehead atoms. The molecule has 1 aliphatic heterocycles. The zero-order chi connectivity index (χ0) is 26.1. The van der Waals surface area contributed by atoms with E-state index in [-0.39, 0.29) is 29.7 Å². The Morgan fingerprint density at radius 1 is 0.947 bits per heavy atom. The fourth-order valence-corrected chi connectivity index (χ4v) is 5.85. The summed E-state index contributed by atoms with van der Waals surface area (Å²) in [5.41, 5.74) is 2.91. The standard InChI is InChI=1S/C29H24FN5O2S/c30-22-11-13-23(14-12-22)35-27-25(16-31-35)28(37)34-24(19-38-29(34)32-27)15-26(36)33(17-20-7-3-1-4-8-20)18-21-9-5-2-6-10-21/h1-14,16,24H,15,17-19H2. The normalized spacial score (nSPS) is 14.5. The van der Waals surface area contributed by atoms with E-state index in [9.17, 15) is 14.0 Å². The smallest absolute Gasteiger partial charge is 0.265 e. The molecule has 0 spiro atoms. The topological polar surface area (TPSA) is 73.0 Å². The number of benzene rings is 3. The SMILES string of the molecule is O=C(CC1CSc2nc3c(cnn3-c3ccc(F)cc3)c(=O)n21)N(Cc1ccccc1)Cc1ccccc1. The zero-order valence-corrected chi connectivity index (χ0v) is 21.2. The van der Waals surface area contributed by atoms with Gasteiger partial charge >= 0.3 is 0 Å². The molecule has 3 aromatic carbocycles. The summed E-state index contributed by atoms with van der Waals surface area (Å²) in [5, 5.41) is 5.26. The molecule has 9 heteroatoms. The molecule has 2 aromatic heterocycles. The van der Waals surface area contributed by atoms with Crippen molar-refractivity contribution in [1.29, 1.82) is 0 Å². The van der Waals surface area contributed by atoms with Gasteiger partial charge in [0.15, 0.2) is 10.8 Å². The summed E-state index contributed by atoms with van der Waals surface area (Å²) in [5.74, 6) is 0.204. The lowest BCUT2D eigenvalue weighted by Gasteiger charge is -2.25. The summed E-state index contributed by atoms with van der Waals surface area (Å²) < 4.78 is 16.6. The molecule has 1 atom stereocenters. The number of amides is 1. The number of nitrogens with zero attached hydrogens (tertiary/aromatic N) is 5. The van der Waals surface area contributed by atoms with Crippen molar-refractivity contribution in [2.45, 2.75) is 30.7 Å². The number of halogens is 1. The third-order valence-electron chi connectivity index (χ3n) is 6.64. The number of carbonyl (C=O) groups excluding carboxylic acids is 1. The Hall–Kier alpha value is -4.24. The maximum Gasteiger partial charge on any atom is 0.265 e. The van der Waals surface area contributed by atoms with Crippen molar-refractivity contribution in [3.05, 3.63) is 118 Å². The van der Waals surface area contributed by atoms with Crippen LogP contribution in [0.25, 0.3) is 16.7 Å². The van der Waals surface area contributed by atoms with E-state index in [1.807, 2.05) is 65.6 Å². The number of hydrogen-bond acceptors (Lipinski definition) is 5. The van der Waals surface area contributed by atoms with E-state index in [0.29, 0.717) is 40.7 Å². The number of thioether (sulfide) groups is 1. The predicted molar refractivity (Wildman–Crippen MR) is 145 cm³/mol. The summed E-state index contributed by atoms with van der Waals surface area (Å²) in [7, 11) is 0. The lowest BCUT2D eigenvalue weighted by Crippen LogP contribution is -2.34. The molecule has 1 aliphatic rings. The predicted octanol–water partition coefficient (Wildman–Crippen LogP) is 4.99. The molecular formula is C29H24FN5O2S. The molecule has 0 saturated heterocycles. The minimum absolute atomic E-state index is 0.0230. The lowest BCUT2D eigenvalue weighted by molar-refractivity contribution is -0.133. The van der Waals surface area contributed by atoms with Crippen LogP contribution in [0.5, 0.6) is 0 Å². The van der Waals surface area contributed by atoms with E-state index in [4.69, 9.17) is 4.98 Å². The van der Waals surface area contributed by atoms with Crippen molar-refractivity contribution in [3.8, 4) is 5.69 Å². The first-order chi connectivity index (χ1) is 18.6. The van der Waals surface area contributed by atoms with Gasteiger partial charge in [0.2, 0.25) is 5.91 Å². The highest BCUT2D eigenvalue weighted by molar-refractivity contribution is 7.99. The number of aromatic nitrogens is 4. The minimum Gasteiger partial charge on any atom is -0.334 e. The van der Waals surface area contributed by atoms with E-state index in [1.165, 1.54) is 34.8 Å². The van der Waals surface area contributed by atoms with Crippen LogP contribution in [0.1, 0.15) is 23.6 Å².